The van der Waals surface area contributed by atoms with Crippen LogP contribution in [0.2, 0.25) is 0 Å². The summed E-state index contributed by atoms with van der Waals surface area (Å²) in [5.41, 5.74) is 1.14. The Labute approximate surface area is 151 Å². The molecule has 0 aliphatic rings. The molecule has 2 rings (SSSR count). The average Bonchev–Trinajstić information content (AvgIpc) is 3.08. The van der Waals surface area contributed by atoms with E-state index in [9.17, 15) is 17.6 Å². The third kappa shape index (κ3) is 5.10. The lowest BCUT2D eigenvalue weighted by Crippen LogP contribution is -2.49. The quantitative estimate of drug-likeness (QED) is 0.771. The molecule has 1 aromatic carbocycles. The van der Waals surface area contributed by atoms with E-state index in [2.05, 4.69) is 10.0 Å². The molecule has 1 unspecified atom stereocenters. The molecule has 8 heteroatoms. The summed E-state index contributed by atoms with van der Waals surface area (Å²) in [6, 6.07) is 6.92. The molecular weight excluding hydrogens is 363 g/mol. The van der Waals surface area contributed by atoms with E-state index in [-0.39, 0.29) is 22.5 Å². The minimum absolute atomic E-state index is 0.125. The zero-order valence-corrected chi connectivity index (χ0v) is 15.9. The molecule has 0 aliphatic carbocycles. The average molecular weight is 384 g/mol. The van der Waals surface area contributed by atoms with Crippen LogP contribution < -0.4 is 10.0 Å². The zero-order chi connectivity index (χ0) is 18.6. The van der Waals surface area contributed by atoms with Crippen molar-refractivity contribution in [2.75, 3.05) is 0 Å². The molecule has 1 amide bonds. The molecule has 0 bridgehead atoms. The minimum Gasteiger partial charge on any atom is -0.351 e. The Balaban J connectivity index is 2.06. The smallest absolute Gasteiger partial charge is 0.250 e. The minimum atomic E-state index is -3.75. The van der Waals surface area contributed by atoms with E-state index in [4.69, 9.17) is 0 Å². The van der Waals surface area contributed by atoms with E-state index in [1.165, 1.54) is 12.1 Å². The highest BCUT2D eigenvalue weighted by Gasteiger charge is 2.28. The second-order valence-corrected chi connectivity index (χ2v) is 8.96. The highest BCUT2D eigenvalue weighted by Crippen LogP contribution is 2.17. The van der Waals surface area contributed by atoms with E-state index < -0.39 is 22.0 Å². The zero-order valence-electron chi connectivity index (χ0n) is 14.2. The summed E-state index contributed by atoms with van der Waals surface area (Å²) in [7, 11) is -3.75. The molecular formula is C17H21FN2O3S2. The van der Waals surface area contributed by atoms with E-state index in [0.717, 1.165) is 11.3 Å². The maximum absolute atomic E-state index is 13.6. The van der Waals surface area contributed by atoms with Gasteiger partial charge in [-0.2, -0.15) is 4.72 Å². The van der Waals surface area contributed by atoms with Gasteiger partial charge in [0.2, 0.25) is 5.91 Å². The van der Waals surface area contributed by atoms with Crippen molar-refractivity contribution >= 4 is 27.3 Å². The lowest BCUT2D eigenvalue weighted by molar-refractivity contribution is -0.123. The molecule has 136 valence electrons. The molecule has 0 saturated heterocycles. The number of hydrogen-bond acceptors (Lipinski definition) is 4. The summed E-state index contributed by atoms with van der Waals surface area (Å²) in [4.78, 5) is 12.4. The molecule has 0 fully saturated rings. The topological polar surface area (TPSA) is 75.3 Å². The molecule has 0 spiro atoms. The second kappa shape index (κ2) is 8.07. The highest BCUT2D eigenvalue weighted by atomic mass is 32.2. The van der Waals surface area contributed by atoms with Crippen molar-refractivity contribution in [3.63, 3.8) is 0 Å². The number of nitrogens with one attached hydrogen (secondary N) is 2. The molecule has 5 nitrogen and oxygen atoms in total. The van der Waals surface area contributed by atoms with Crippen LogP contribution >= 0.6 is 11.3 Å². The van der Waals surface area contributed by atoms with E-state index in [0.29, 0.717) is 11.1 Å². The fraction of sp³-hybridized carbons (Fsp3) is 0.353. The number of carbonyl (C=O) groups is 1. The number of benzene rings is 1. The van der Waals surface area contributed by atoms with E-state index in [1.54, 1.807) is 44.4 Å². The molecule has 2 aromatic rings. The van der Waals surface area contributed by atoms with Gasteiger partial charge in [0, 0.05) is 6.54 Å². The van der Waals surface area contributed by atoms with Crippen molar-refractivity contribution in [3.8, 4) is 0 Å². The maximum atomic E-state index is 13.6. The third-order valence-corrected chi connectivity index (χ3v) is 6.53. The molecule has 1 atom stereocenters. The Morgan fingerprint density at radius 3 is 2.56 bits per heavy atom. The van der Waals surface area contributed by atoms with Gasteiger partial charge in [0.1, 0.15) is 16.1 Å². The van der Waals surface area contributed by atoms with Crippen molar-refractivity contribution in [1.29, 1.82) is 0 Å². The van der Waals surface area contributed by atoms with Gasteiger partial charge < -0.3 is 5.32 Å². The van der Waals surface area contributed by atoms with Gasteiger partial charge in [-0.15, -0.1) is 11.3 Å². The molecule has 2 N–H and O–H groups in total. The van der Waals surface area contributed by atoms with Crippen LogP contribution in [0.5, 0.6) is 0 Å². The van der Waals surface area contributed by atoms with Gasteiger partial charge in [0.05, 0.1) is 0 Å². The van der Waals surface area contributed by atoms with Gasteiger partial charge in [-0.05, 0) is 41.5 Å². The predicted molar refractivity (Wildman–Crippen MR) is 96.3 cm³/mol. The van der Waals surface area contributed by atoms with Crippen LogP contribution in [0, 0.1) is 18.7 Å². The Morgan fingerprint density at radius 2 is 2.00 bits per heavy atom. The molecule has 0 saturated carbocycles. The van der Waals surface area contributed by atoms with Crippen molar-refractivity contribution in [1.82, 2.24) is 10.0 Å². The molecule has 1 aromatic heterocycles. The first-order valence-corrected chi connectivity index (χ1v) is 10.2. The fourth-order valence-electron chi connectivity index (χ4n) is 2.18. The number of aryl methyl sites for hydroxylation is 1. The first-order chi connectivity index (χ1) is 11.7. The van der Waals surface area contributed by atoms with Gasteiger partial charge in [0.15, 0.2) is 0 Å². The van der Waals surface area contributed by atoms with Crippen molar-refractivity contribution in [2.24, 2.45) is 5.92 Å². The fourth-order valence-corrected chi connectivity index (χ4v) is 4.53. The first-order valence-electron chi connectivity index (χ1n) is 7.79. The number of hydrogen-bond donors (Lipinski definition) is 2. The standard InChI is InChI=1S/C17H21FN2O3S2/c1-11(2)16(20-25(22,23)15-5-4-8-24-15)17(21)19-10-13-7-6-12(3)14(18)9-13/h4-9,11,16,20H,10H2,1-3H3,(H,19,21). The van der Waals surface area contributed by atoms with Crippen LogP contribution in [-0.2, 0) is 21.4 Å². The predicted octanol–water partition coefficient (Wildman–Crippen LogP) is 2.81. The SMILES string of the molecule is Cc1ccc(CNC(=O)C(NS(=O)(=O)c2cccs2)C(C)C)cc1F. The van der Waals surface area contributed by atoms with E-state index >= 15 is 0 Å². The van der Waals surface area contributed by atoms with Crippen LogP contribution in [0.15, 0.2) is 39.9 Å². The summed E-state index contributed by atoms with van der Waals surface area (Å²) < 4.78 is 40.9. The van der Waals surface area contributed by atoms with Gasteiger partial charge in [-0.1, -0.05) is 32.0 Å². The summed E-state index contributed by atoms with van der Waals surface area (Å²) in [5.74, 6) is -1.04. The lowest BCUT2D eigenvalue weighted by Gasteiger charge is -2.21. The third-order valence-electron chi connectivity index (χ3n) is 3.69. The Bertz CT molecular complexity index is 834. The van der Waals surface area contributed by atoms with Crippen LogP contribution in [0.25, 0.3) is 0 Å². The summed E-state index contributed by atoms with van der Waals surface area (Å²) in [6.07, 6.45) is 0. The van der Waals surface area contributed by atoms with Gasteiger partial charge in [-0.25, -0.2) is 12.8 Å². The van der Waals surface area contributed by atoms with E-state index in [1.807, 2.05) is 0 Å². The Kier molecular flexibility index (Phi) is 6.31. The maximum Gasteiger partial charge on any atom is 0.250 e. The normalized spacial score (nSPS) is 13.0. The summed E-state index contributed by atoms with van der Waals surface area (Å²) in [6.45, 7) is 5.30. The Hall–Kier alpha value is -1.77. The molecule has 0 aliphatic heterocycles. The van der Waals surface area contributed by atoms with Crippen LogP contribution in [0.3, 0.4) is 0 Å². The van der Waals surface area contributed by atoms with Crippen molar-refractivity contribution in [2.45, 2.75) is 37.6 Å². The second-order valence-electron chi connectivity index (χ2n) is 6.08. The number of amides is 1. The number of sulfonamides is 1. The van der Waals surface area contributed by atoms with Crippen LogP contribution in [-0.4, -0.2) is 20.4 Å². The number of halogens is 1. The molecule has 25 heavy (non-hydrogen) atoms. The van der Waals surface area contributed by atoms with Gasteiger partial charge in [-0.3, -0.25) is 4.79 Å². The van der Waals surface area contributed by atoms with Crippen LogP contribution in [0.1, 0.15) is 25.0 Å². The largest absolute Gasteiger partial charge is 0.351 e. The number of rotatable bonds is 7. The molecule has 1 heterocycles. The summed E-state index contributed by atoms with van der Waals surface area (Å²) >= 11 is 1.08. The number of thiophene rings is 1. The highest BCUT2D eigenvalue weighted by molar-refractivity contribution is 7.91. The lowest BCUT2D eigenvalue weighted by atomic mass is 10.0. The van der Waals surface area contributed by atoms with Crippen molar-refractivity contribution < 1.29 is 17.6 Å². The summed E-state index contributed by atoms with van der Waals surface area (Å²) in [5, 5.41) is 4.32. The first kappa shape index (κ1) is 19.6. The van der Waals surface area contributed by atoms with Crippen LogP contribution in [0.4, 0.5) is 4.39 Å². The Morgan fingerprint density at radius 1 is 1.28 bits per heavy atom. The number of carbonyl (C=O) groups excluding carboxylic acids is 1. The van der Waals surface area contributed by atoms with Crippen molar-refractivity contribution in [3.05, 3.63) is 52.7 Å². The monoisotopic (exact) mass is 384 g/mol. The van der Waals surface area contributed by atoms with Gasteiger partial charge >= 0.3 is 0 Å². The molecule has 0 radical (unpaired) electrons. The van der Waals surface area contributed by atoms with Gasteiger partial charge in [0.25, 0.3) is 10.0 Å².